The molecule has 1 aliphatic rings. The molecule has 0 aliphatic heterocycles. The molecule has 0 spiro atoms. The van der Waals surface area contributed by atoms with Crippen molar-refractivity contribution in [3.05, 3.63) is 34.9 Å². The van der Waals surface area contributed by atoms with Gasteiger partial charge in [0.05, 0.1) is 0 Å². The van der Waals surface area contributed by atoms with Crippen LogP contribution >= 0.6 is 11.6 Å². The normalized spacial score (nSPS) is 15.2. The van der Waals surface area contributed by atoms with E-state index in [1.54, 1.807) is 0 Å². The predicted octanol–water partition coefficient (Wildman–Crippen LogP) is 2.69. The minimum absolute atomic E-state index is 0.0298. The van der Waals surface area contributed by atoms with Crippen LogP contribution < -0.4 is 10.6 Å². The monoisotopic (exact) mass is 322 g/mol. The molecule has 1 aromatic carbocycles. The Hall–Kier alpha value is -1.55. The standard InChI is InChI=1S/C17H23ClN2O2/c1-12(11-13-4-8-15(18)9-5-13)20-16(21)3-2-10-19-17(22)14-6-7-14/h4-5,8-9,12,14H,2-3,6-7,10-11H2,1H3,(H,19,22)(H,20,21). The van der Waals surface area contributed by atoms with E-state index in [-0.39, 0.29) is 23.8 Å². The smallest absolute Gasteiger partial charge is 0.223 e. The molecule has 120 valence electrons. The zero-order valence-electron chi connectivity index (χ0n) is 12.9. The molecule has 0 radical (unpaired) electrons. The number of carbonyl (C=O) groups excluding carboxylic acids is 2. The molecule has 0 saturated heterocycles. The molecule has 1 saturated carbocycles. The summed E-state index contributed by atoms with van der Waals surface area (Å²) in [6.07, 6.45) is 3.91. The minimum atomic E-state index is 0.0298. The van der Waals surface area contributed by atoms with Gasteiger partial charge < -0.3 is 10.6 Å². The number of nitrogens with one attached hydrogen (secondary N) is 2. The molecular formula is C17H23ClN2O2. The number of carbonyl (C=O) groups is 2. The Morgan fingerprint density at radius 3 is 2.59 bits per heavy atom. The van der Waals surface area contributed by atoms with E-state index in [0.29, 0.717) is 24.4 Å². The van der Waals surface area contributed by atoms with Crippen LogP contribution in [0.3, 0.4) is 0 Å². The summed E-state index contributed by atoms with van der Waals surface area (Å²) in [4.78, 5) is 23.3. The van der Waals surface area contributed by atoms with Crippen molar-refractivity contribution in [3.8, 4) is 0 Å². The number of rotatable bonds is 8. The first kappa shape index (κ1) is 16.8. The molecule has 2 N–H and O–H groups in total. The van der Waals surface area contributed by atoms with Crippen molar-refractivity contribution in [1.82, 2.24) is 10.6 Å². The fraction of sp³-hybridized carbons (Fsp3) is 0.529. The molecule has 1 aromatic rings. The molecule has 1 atom stereocenters. The molecular weight excluding hydrogens is 300 g/mol. The van der Waals surface area contributed by atoms with E-state index < -0.39 is 0 Å². The highest BCUT2D eigenvalue weighted by atomic mass is 35.5. The van der Waals surface area contributed by atoms with Gasteiger partial charge in [0.1, 0.15) is 0 Å². The zero-order valence-corrected chi connectivity index (χ0v) is 13.7. The fourth-order valence-electron chi connectivity index (χ4n) is 2.32. The lowest BCUT2D eigenvalue weighted by Crippen LogP contribution is -2.34. The van der Waals surface area contributed by atoms with Crippen LogP contribution in [0, 0.1) is 5.92 Å². The Kier molecular flexibility index (Phi) is 6.25. The molecule has 1 aliphatic carbocycles. The highest BCUT2D eigenvalue weighted by molar-refractivity contribution is 6.30. The second-order valence-electron chi connectivity index (χ2n) is 5.97. The Morgan fingerprint density at radius 1 is 1.27 bits per heavy atom. The predicted molar refractivity (Wildman–Crippen MR) is 87.7 cm³/mol. The van der Waals surface area contributed by atoms with Crippen LogP contribution in [0.25, 0.3) is 0 Å². The molecule has 0 heterocycles. The third-order valence-electron chi connectivity index (χ3n) is 3.69. The van der Waals surface area contributed by atoms with E-state index in [0.717, 1.165) is 24.8 Å². The van der Waals surface area contributed by atoms with Gasteiger partial charge in [-0.3, -0.25) is 9.59 Å². The minimum Gasteiger partial charge on any atom is -0.356 e. The summed E-state index contributed by atoms with van der Waals surface area (Å²) in [5.74, 6) is 0.395. The summed E-state index contributed by atoms with van der Waals surface area (Å²) in [6, 6.07) is 7.73. The quantitative estimate of drug-likeness (QED) is 0.723. The van der Waals surface area contributed by atoms with Crippen LogP contribution in [0.4, 0.5) is 0 Å². The SMILES string of the molecule is CC(Cc1ccc(Cl)cc1)NC(=O)CCCNC(=O)C1CC1. The summed E-state index contributed by atoms with van der Waals surface area (Å²) in [7, 11) is 0. The van der Waals surface area contributed by atoms with Crippen molar-refractivity contribution < 1.29 is 9.59 Å². The number of benzene rings is 1. The molecule has 2 amide bonds. The van der Waals surface area contributed by atoms with Gasteiger partial charge in [0.25, 0.3) is 0 Å². The largest absolute Gasteiger partial charge is 0.356 e. The van der Waals surface area contributed by atoms with E-state index in [4.69, 9.17) is 11.6 Å². The lowest BCUT2D eigenvalue weighted by molar-refractivity contribution is -0.123. The first-order valence-electron chi connectivity index (χ1n) is 7.86. The zero-order chi connectivity index (χ0) is 15.9. The Bertz CT molecular complexity index is 512. The van der Waals surface area contributed by atoms with Crippen LogP contribution in [0.15, 0.2) is 24.3 Å². The van der Waals surface area contributed by atoms with Crippen molar-refractivity contribution in [2.75, 3.05) is 6.54 Å². The number of hydrogen-bond donors (Lipinski definition) is 2. The van der Waals surface area contributed by atoms with Crippen molar-refractivity contribution in [2.24, 2.45) is 5.92 Å². The van der Waals surface area contributed by atoms with Gasteiger partial charge in [0.15, 0.2) is 0 Å². The molecule has 4 nitrogen and oxygen atoms in total. The van der Waals surface area contributed by atoms with Crippen molar-refractivity contribution >= 4 is 23.4 Å². The van der Waals surface area contributed by atoms with Crippen LogP contribution in [-0.2, 0) is 16.0 Å². The van der Waals surface area contributed by atoms with E-state index in [2.05, 4.69) is 10.6 Å². The van der Waals surface area contributed by atoms with Gasteiger partial charge in [-0.25, -0.2) is 0 Å². The maximum Gasteiger partial charge on any atom is 0.223 e. The molecule has 1 fully saturated rings. The van der Waals surface area contributed by atoms with Gasteiger partial charge in [-0.15, -0.1) is 0 Å². The fourth-order valence-corrected chi connectivity index (χ4v) is 2.45. The van der Waals surface area contributed by atoms with E-state index in [9.17, 15) is 9.59 Å². The number of amides is 2. The van der Waals surface area contributed by atoms with E-state index in [1.165, 1.54) is 0 Å². The van der Waals surface area contributed by atoms with Crippen LogP contribution in [0.1, 0.15) is 38.2 Å². The average molecular weight is 323 g/mol. The third-order valence-corrected chi connectivity index (χ3v) is 3.94. The summed E-state index contributed by atoms with van der Waals surface area (Å²) in [6.45, 7) is 2.57. The molecule has 5 heteroatoms. The summed E-state index contributed by atoms with van der Waals surface area (Å²) >= 11 is 5.85. The van der Waals surface area contributed by atoms with Gasteiger partial charge in [-0.2, -0.15) is 0 Å². The van der Waals surface area contributed by atoms with Crippen molar-refractivity contribution in [3.63, 3.8) is 0 Å². The molecule has 0 bridgehead atoms. The number of hydrogen-bond acceptors (Lipinski definition) is 2. The molecule has 22 heavy (non-hydrogen) atoms. The second-order valence-corrected chi connectivity index (χ2v) is 6.40. The van der Waals surface area contributed by atoms with Crippen LogP contribution in [-0.4, -0.2) is 24.4 Å². The highest BCUT2D eigenvalue weighted by Gasteiger charge is 2.28. The summed E-state index contributed by atoms with van der Waals surface area (Å²) < 4.78 is 0. The summed E-state index contributed by atoms with van der Waals surface area (Å²) in [5, 5.41) is 6.56. The Morgan fingerprint density at radius 2 is 1.95 bits per heavy atom. The second kappa shape index (κ2) is 8.18. The van der Waals surface area contributed by atoms with Gasteiger partial charge in [0.2, 0.25) is 11.8 Å². The highest BCUT2D eigenvalue weighted by Crippen LogP contribution is 2.28. The first-order chi connectivity index (χ1) is 10.5. The Balaban J connectivity index is 1.59. The maximum atomic E-state index is 11.8. The van der Waals surface area contributed by atoms with Gasteiger partial charge in [0, 0.05) is 29.9 Å². The topological polar surface area (TPSA) is 58.2 Å². The van der Waals surface area contributed by atoms with Crippen LogP contribution in [0.2, 0.25) is 5.02 Å². The maximum absolute atomic E-state index is 11.8. The van der Waals surface area contributed by atoms with Crippen molar-refractivity contribution in [1.29, 1.82) is 0 Å². The molecule has 2 rings (SSSR count). The lowest BCUT2D eigenvalue weighted by Gasteiger charge is -2.14. The average Bonchev–Trinajstić information content (AvgIpc) is 3.30. The van der Waals surface area contributed by atoms with Gasteiger partial charge in [-0.05, 0) is 50.3 Å². The summed E-state index contributed by atoms with van der Waals surface area (Å²) in [5.41, 5.74) is 1.15. The molecule has 1 unspecified atom stereocenters. The van der Waals surface area contributed by atoms with Gasteiger partial charge >= 0.3 is 0 Å². The Labute approximate surface area is 136 Å². The van der Waals surface area contributed by atoms with Crippen LogP contribution in [0.5, 0.6) is 0 Å². The van der Waals surface area contributed by atoms with Crippen molar-refractivity contribution in [2.45, 2.75) is 45.1 Å². The third kappa shape index (κ3) is 6.06. The van der Waals surface area contributed by atoms with E-state index in [1.807, 2.05) is 31.2 Å². The first-order valence-corrected chi connectivity index (χ1v) is 8.24. The lowest BCUT2D eigenvalue weighted by atomic mass is 10.1. The van der Waals surface area contributed by atoms with E-state index >= 15 is 0 Å². The molecule has 0 aromatic heterocycles. The number of halogens is 1. The van der Waals surface area contributed by atoms with Gasteiger partial charge in [-0.1, -0.05) is 23.7 Å².